The van der Waals surface area contributed by atoms with Crippen molar-refractivity contribution >= 4 is 23.2 Å². The lowest BCUT2D eigenvalue weighted by Crippen LogP contribution is -2.54. The number of piperidine rings is 2. The van der Waals surface area contributed by atoms with Crippen LogP contribution < -0.4 is 5.32 Å². The summed E-state index contributed by atoms with van der Waals surface area (Å²) < 4.78 is 0. The average molecular weight is 364 g/mol. The fourth-order valence-corrected chi connectivity index (χ4v) is 4.82. The molecule has 2 saturated heterocycles. The normalized spacial score (nSPS) is 24.7. The van der Waals surface area contributed by atoms with E-state index in [-0.39, 0.29) is 11.3 Å². The van der Waals surface area contributed by atoms with Gasteiger partial charge in [0.05, 0.1) is 6.54 Å². The minimum atomic E-state index is 0.127. The molecular formula is C19H29N3O2S. The van der Waals surface area contributed by atoms with Crippen LogP contribution in [0.1, 0.15) is 43.9 Å². The van der Waals surface area contributed by atoms with Crippen LogP contribution in [0, 0.1) is 5.41 Å². The van der Waals surface area contributed by atoms with E-state index in [0.29, 0.717) is 25.3 Å². The Morgan fingerprint density at radius 2 is 2.24 bits per heavy atom. The molecule has 25 heavy (non-hydrogen) atoms. The van der Waals surface area contributed by atoms with Gasteiger partial charge in [-0.25, -0.2) is 0 Å². The Hall–Kier alpha value is -1.40. The van der Waals surface area contributed by atoms with Crippen molar-refractivity contribution in [2.75, 3.05) is 32.7 Å². The van der Waals surface area contributed by atoms with Gasteiger partial charge in [0.2, 0.25) is 11.8 Å². The number of thiophene rings is 1. The highest BCUT2D eigenvalue weighted by Gasteiger charge is 2.41. The van der Waals surface area contributed by atoms with Crippen molar-refractivity contribution in [2.24, 2.45) is 5.41 Å². The lowest BCUT2D eigenvalue weighted by Gasteiger charge is -2.48. The van der Waals surface area contributed by atoms with Gasteiger partial charge in [-0.2, -0.15) is 0 Å². The summed E-state index contributed by atoms with van der Waals surface area (Å²) in [6.45, 7) is 7.31. The van der Waals surface area contributed by atoms with E-state index in [2.05, 4.69) is 17.1 Å². The Bertz CT molecular complexity index is 589. The molecule has 1 aromatic rings. The van der Waals surface area contributed by atoms with E-state index < -0.39 is 0 Å². The number of hydrogen-bond acceptors (Lipinski definition) is 4. The molecule has 0 bridgehead atoms. The predicted molar refractivity (Wildman–Crippen MR) is 100 cm³/mol. The van der Waals surface area contributed by atoms with E-state index in [4.69, 9.17) is 0 Å². The van der Waals surface area contributed by atoms with E-state index in [1.165, 1.54) is 17.7 Å². The van der Waals surface area contributed by atoms with Crippen molar-refractivity contribution in [1.29, 1.82) is 0 Å². The van der Waals surface area contributed by atoms with E-state index >= 15 is 0 Å². The Balaban J connectivity index is 1.45. The number of rotatable bonds is 6. The Kier molecular flexibility index (Phi) is 6.12. The molecule has 0 aliphatic carbocycles. The quantitative estimate of drug-likeness (QED) is 0.845. The molecule has 6 heteroatoms. The molecule has 3 heterocycles. The fraction of sp³-hybridized carbons (Fsp3) is 0.684. The Morgan fingerprint density at radius 1 is 1.36 bits per heavy atom. The van der Waals surface area contributed by atoms with Gasteiger partial charge in [0, 0.05) is 49.3 Å². The molecule has 2 amide bonds. The minimum Gasteiger partial charge on any atom is -0.351 e. The van der Waals surface area contributed by atoms with Gasteiger partial charge in [-0.15, -0.1) is 11.3 Å². The highest BCUT2D eigenvalue weighted by molar-refractivity contribution is 7.09. The van der Waals surface area contributed by atoms with Gasteiger partial charge < -0.3 is 15.1 Å². The predicted octanol–water partition coefficient (Wildman–Crippen LogP) is 2.48. The zero-order chi connectivity index (χ0) is 17.7. The van der Waals surface area contributed by atoms with E-state index in [1.54, 1.807) is 11.3 Å². The van der Waals surface area contributed by atoms with E-state index in [1.807, 2.05) is 22.4 Å². The smallest absolute Gasteiger partial charge is 0.222 e. The number of carbonyl (C=O) groups is 2. The zero-order valence-corrected chi connectivity index (χ0v) is 15.9. The molecule has 0 aromatic carbocycles. The first-order valence-electron chi connectivity index (χ1n) is 9.39. The molecule has 1 atom stereocenters. The first-order chi connectivity index (χ1) is 12.1. The summed E-state index contributed by atoms with van der Waals surface area (Å²) in [4.78, 5) is 29.7. The summed E-state index contributed by atoms with van der Waals surface area (Å²) in [6.07, 6.45) is 4.62. The van der Waals surface area contributed by atoms with E-state index in [0.717, 1.165) is 39.1 Å². The second kappa shape index (κ2) is 8.32. The third-order valence-corrected chi connectivity index (χ3v) is 6.44. The van der Waals surface area contributed by atoms with Gasteiger partial charge in [0.25, 0.3) is 0 Å². The zero-order valence-electron chi connectivity index (χ0n) is 15.1. The van der Waals surface area contributed by atoms with Crippen LogP contribution in [0.4, 0.5) is 0 Å². The molecule has 138 valence electrons. The van der Waals surface area contributed by atoms with Crippen LogP contribution >= 0.6 is 11.3 Å². The van der Waals surface area contributed by atoms with Crippen LogP contribution in [0.15, 0.2) is 17.5 Å². The summed E-state index contributed by atoms with van der Waals surface area (Å²) in [5.41, 5.74) is 0.246. The van der Waals surface area contributed by atoms with Crippen LogP contribution in [0.2, 0.25) is 0 Å². The van der Waals surface area contributed by atoms with Crippen molar-refractivity contribution in [3.8, 4) is 0 Å². The summed E-state index contributed by atoms with van der Waals surface area (Å²) in [5, 5.41) is 5.04. The number of nitrogens with one attached hydrogen (secondary N) is 1. The Labute approximate surface area is 154 Å². The minimum absolute atomic E-state index is 0.127. The number of amides is 2. The fourth-order valence-electron chi connectivity index (χ4n) is 4.17. The van der Waals surface area contributed by atoms with E-state index in [9.17, 15) is 9.59 Å². The van der Waals surface area contributed by atoms with Crippen molar-refractivity contribution in [3.05, 3.63) is 22.4 Å². The molecule has 1 aromatic heterocycles. The van der Waals surface area contributed by atoms with Crippen molar-refractivity contribution < 1.29 is 9.59 Å². The lowest BCUT2D eigenvalue weighted by atomic mass is 9.73. The largest absolute Gasteiger partial charge is 0.351 e. The summed E-state index contributed by atoms with van der Waals surface area (Å²) in [7, 11) is 0. The number of likely N-dealkylation sites (tertiary alicyclic amines) is 2. The van der Waals surface area contributed by atoms with Gasteiger partial charge in [-0.1, -0.05) is 6.07 Å². The number of carbonyl (C=O) groups excluding carboxylic acids is 2. The van der Waals surface area contributed by atoms with Crippen molar-refractivity contribution in [1.82, 2.24) is 15.1 Å². The van der Waals surface area contributed by atoms with Crippen molar-refractivity contribution in [3.63, 3.8) is 0 Å². The number of nitrogens with zero attached hydrogens (tertiary/aromatic N) is 2. The highest BCUT2D eigenvalue weighted by atomic mass is 32.1. The lowest BCUT2D eigenvalue weighted by molar-refractivity contribution is -0.139. The second-order valence-corrected chi connectivity index (χ2v) is 8.43. The molecule has 1 N–H and O–H groups in total. The maximum absolute atomic E-state index is 12.1. The molecule has 1 spiro atoms. The van der Waals surface area contributed by atoms with Crippen molar-refractivity contribution in [2.45, 2.75) is 45.6 Å². The second-order valence-electron chi connectivity index (χ2n) is 7.39. The topological polar surface area (TPSA) is 52.6 Å². The van der Waals surface area contributed by atoms with Gasteiger partial charge >= 0.3 is 0 Å². The SMILES string of the molecule is CCN1C[C@]2(CCCN(CCC(=O)NCc3cccs3)C2)CCC1=O. The molecular weight excluding hydrogens is 334 g/mol. The maximum Gasteiger partial charge on any atom is 0.222 e. The van der Waals surface area contributed by atoms with Gasteiger partial charge in [0.1, 0.15) is 0 Å². The van der Waals surface area contributed by atoms with Gasteiger partial charge in [0.15, 0.2) is 0 Å². The molecule has 0 radical (unpaired) electrons. The molecule has 2 aliphatic heterocycles. The molecule has 2 aliphatic rings. The molecule has 0 unspecified atom stereocenters. The third-order valence-electron chi connectivity index (χ3n) is 5.57. The van der Waals surface area contributed by atoms with Crippen LogP contribution in [0.5, 0.6) is 0 Å². The highest BCUT2D eigenvalue weighted by Crippen LogP contribution is 2.38. The van der Waals surface area contributed by atoms with Crippen LogP contribution in [0.3, 0.4) is 0 Å². The summed E-state index contributed by atoms with van der Waals surface area (Å²) >= 11 is 1.67. The number of hydrogen-bond donors (Lipinski definition) is 1. The Morgan fingerprint density at radius 3 is 3.00 bits per heavy atom. The summed E-state index contributed by atoms with van der Waals surface area (Å²) in [5.74, 6) is 0.431. The molecule has 0 saturated carbocycles. The monoisotopic (exact) mass is 363 g/mol. The maximum atomic E-state index is 12.1. The standard InChI is InChI=1S/C19H29N3O2S/c1-2-22-15-19(9-6-18(22)24)8-4-10-21(14-19)11-7-17(23)20-13-16-5-3-12-25-16/h3,5,12H,2,4,6-11,13-15H2,1H3,(H,20,23)/t19-/m1/s1. The van der Waals surface area contributed by atoms with Gasteiger partial charge in [-0.3, -0.25) is 9.59 Å². The first kappa shape index (κ1) is 18.4. The molecule has 3 rings (SSSR count). The van der Waals surface area contributed by atoms with Crippen LogP contribution in [-0.4, -0.2) is 54.3 Å². The molecule has 5 nitrogen and oxygen atoms in total. The molecule has 2 fully saturated rings. The average Bonchev–Trinajstić information content (AvgIpc) is 3.14. The van der Waals surface area contributed by atoms with Crippen LogP contribution in [0.25, 0.3) is 0 Å². The van der Waals surface area contributed by atoms with Crippen LogP contribution in [-0.2, 0) is 16.1 Å². The third kappa shape index (κ3) is 4.82. The van der Waals surface area contributed by atoms with Gasteiger partial charge in [-0.05, 0) is 44.2 Å². The summed E-state index contributed by atoms with van der Waals surface area (Å²) in [6, 6.07) is 4.05. The first-order valence-corrected chi connectivity index (χ1v) is 10.3.